The van der Waals surface area contributed by atoms with Crippen molar-refractivity contribution >= 4 is 0 Å². The molecule has 1 aromatic carbocycles. The summed E-state index contributed by atoms with van der Waals surface area (Å²) in [5, 5.41) is 0. The number of nitrogens with two attached hydrogens (primary N) is 1. The highest BCUT2D eigenvalue weighted by molar-refractivity contribution is 5.24. The zero-order chi connectivity index (χ0) is 11.3. The van der Waals surface area contributed by atoms with Crippen molar-refractivity contribution in [2.45, 2.75) is 19.6 Å². The molecule has 0 saturated carbocycles. The fourth-order valence-corrected chi connectivity index (χ4v) is 1.12. The van der Waals surface area contributed by atoms with Gasteiger partial charge in [-0.15, -0.1) is 0 Å². The van der Waals surface area contributed by atoms with Gasteiger partial charge in [0, 0.05) is 12.1 Å². The molecule has 5 heteroatoms. The number of alkyl halides is 2. The summed E-state index contributed by atoms with van der Waals surface area (Å²) >= 11 is 0. The van der Waals surface area contributed by atoms with Crippen LogP contribution in [0.1, 0.15) is 11.1 Å². The van der Waals surface area contributed by atoms with Crippen LogP contribution in [0.5, 0.6) is 0 Å². The standard InChI is InChI=1S/C10H12F3NO/c11-9-2-1-7(4-14)3-8(9)5-15-6-10(12)13/h1-3,10H,4-6,14H2. The van der Waals surface area contributed by atoms with E-state index in [1.165, 1.54) is 12.1 Å². The molecule has 0 amide bonds. The highest BCUT2D eigenvalue weighted by Crippen LogP contribution is 2.12. The van der Waals surface area contributed by atoms with Gasteiger partial charge >= 0.3 is 0 Å². The Morgan fingerprint density at radius 2 is 2.07 bits per heavy atom. The first-order chi connectivity index (χ1) is 7.13. The van der Waals surface area contributed by atoms with Gasteiger partial charge in [-0.3, -0.25) is 0 Å². The summed E-state index contributed by atoms with van der Waals surface area (Å²) in [6.07, 6.45) is -2.54. The van der Waals surface area contributed by atoms with E-state index in [0.29, 0.717) is 0 Å². The second kappa shape index (κ2) is 5.72. The fourth-order valence-electron chi connectivity index (χ4n) is 1.12. The molecular weight excluding hydrogens is 207 g/mol. The molecule has 1 aromatic rings. The van der Waals surface area contributed by atoms with E-state index in [1.807, 2.05) is 0 Å². The normalized spacial score (nSPS) is 11.0. The first kappa shape index (κ1) is 12.0. The predicted molar refractivity (Wildman–Crippen MR) is 50.0 cm³/mol. The van der Waals surface area contributed by atoms with Gasteiger partial charge in [0.15, 0.2) is 0 Å². The molecule has 2 nitrogen and oxygen atoms in total. The molecule has 0 saturated heterocycles. The van der Waals surface area contributed by atoms with Crippen LogP contribution in [0.2, 0.25) is 0 Å². The molecule has 84 valence electrons. The van der Waals surface area contributed by atoms with Crippen molar-refractivity contribution < 1.29 is 17.9 Å². The average molecular weight is 219 g/mol. The van der Waals surface area contributed by atoms with Gasteiger partial charge < -0.3 is 10.5 Å². The van der Waals surface area contributed by atoms with Crippen molar-refractivity contribution in [2.24, 2.45) is 5.73 Å². The maximum Gasteiger partial charge on any atom is 0.261 e. The first-order valence-electron chi connectivity index (χ1n) is 4.46. The Labute approximate surface area is 85.8 Å². The number of ether oxygens (including phenoxy) is 1. The lowest BCUT2D eigenvalue weighted by molar-refractivity contribution is 0.00900. The third-order valence-corrected chi connectivity index (χ3v) is 1.85. The summed E-state index contributed by atoms with van der Waals surface area (Å²) in [5.41, 5.74) is 6.35. The minimum atomic E-state index is -2.54. The highest BCUT2D eigenvalue weighted by Gasteiger charge is 2.06. The van der Waals surface area contributed by atoms with E-state index < -0.39 is 18.8 Å². The van der Waals surface area contributed by atoms with Gasteiger partial charge in [0.1, 0.15) is 12.4 Å². The Morgan fingerprint density at radius 1 is 1.33 bits per heavy atom. The number of hydrogen-bond donors (Lipinski definition) is 1. The van der Waals surface area contributed by atoms with E-state index in [4.69, 9.17) is 5.73 Å². The molecule has 0 fully saturated rings. The van der Waals surface area contributed by atoms with Crippen LogP contribution in [0.25, 0.3) is 0 Å². The zero-order valence-corrected chi connectivity index (χ0v) is 8.05. The summed E-state index contributed by atoms with van der Waals surface area (Å²) in [6.45, 7) is -0.571. The smallest absolute Gasteiger partial charge is 0.261 e. The zero-order valence-electron chi connectivity index (χ0n) is 8.05. The number of hydrogen-bond acceptors (Lipinski definition) is 2. The Morgan fingerprint density at radius 3 is 2.67 bits per heavy atom. The van der Waals surface area contributed by atoms with Crippen molar-refractivity contribution in [1.29, 1.82) is 0 Å². The van der Waals surface area contributed by atoms with E-state index in [-0.39, 0.29) is 18.7 Å². The Kier molecular flexibility index (Phi) is 4.58. The summed E-state index contributed by atoms with van der Waals surface area (Å²) in [5.74, 6) is -0.471. The van der Waals surface area contributed by atoms with Gasteiger partial charge in [-0.1, -0.05) is 6.07 Å². The molecule has 0 aromatic heterocycles. The molecule has 2 N–H and O–H groups in total. The lowest BCUT2D eigenvalue weighted by Crippen LogP contribution is -2.06. The Balaban J connectivity index is 2.59. The number of halogens is 3. The Bertz CT molecular complexity index is 318. The van der Waals surface area contributed by atoms with Crippen LogP contribution in [0.15, 0.2) is 18.2 Å². The van der Waals surface area contributed by atoms with E-state index >= 15 is 0 Å². The lowest BCUT2D eigenvalue weighted by atomic mass is 10.1. The topological polar surface area (TPSA) is 35.2 Å². The molecule has 0 heterocycles. The SMILES string of the molecule is NCc1ccc(F)c(COCC(F)F)c1. The van der Waals surface area contributed by atoms with Gasteiger partial charge in [0.25, 0.3) is 6.43 Å². The van der Waals surface area contributed by atoms with Crippen LogP contribution >= 0.6 is 0 Å². The van der Waals surface area contributed by atoms with Crippen molar-refractivity contribution in [3.05, 3.63) is 35.1 Å². The largest absolute Gasteiger partial charge is 0.371 e. The first-order valence-corrected chi connectivity index (χ1v) is 4.46. The summed E-state index contributed by atoms with van der Waals surface area (Å²) in [4.78, 5) is 0. The van der Waals surface area contributed by atoms with Crippen molar-refractivity contribution in [3.63, 3.8) is 0 Å². The van der Waals surface area contributed by atoms with Gasteiger partial charge in [0.2, 0.25) is 0 Å². The van der Waals surface area contributed by atoms with Crippen LogP contribution in [0, 0.1) is 5.82 Å². The van der Waals surface area contributed by atoms with Crippen molar-refractivity contribution in [1.82, 2.24) is 0 Å². The molecule has 0 spiro atoms. The third kappa shape index (κ3) is 3.89. The number of benzene rings is 1. The summed E-state index contributed by atoms with van der Waals surface area (Å²) in [7, 11) is 0. The second-order valence-electron chi connectivity index (χ2n) is 3.04. The highest BCUT2D eigenvalue weighted by atomic mass is 19.3. The van der Waals surface area contributed by atoms with Crippen LogP contribution < -0.4 is 5.73 Å². The lowest BCUT2D eigenvalue weighted by Gasteiger charge is -2.06. The minimum absolute atomic E-state index is 0.163. The van der Waals surface area contributed by atoms with Crippen LogP contribution in [0.4, 0.5) is 13.2 Å². The predicted octanol–water partition coefficient (Wildman–Crippen LogP) is 2.07. The van der Waals surface area contributed by atoms with Crippen LogP contribution in [-0.4, -0.2) is 13.0 Å². The summed E-state index contributed by atoms with van der Waals surface area (Å²) in [6, 6.07) is 4.32. The molecule has 0 radical (unpaired) electrons. The maximum atomic E-state index is 13.1. The van der Waals surface area contributed by atoms with E-state index in [9.17, 15) is 13.2 Å². The quantitative estimate of drug-likeness (QED) is 0.822. The molecule has 15 heavy (non-hydrogen) atoms. The molecule has 0 atom stereocenters. The van der Waals surface area contributed by atoms with Crippen LogP contribution in [-0.2, 0) is 17.9 Å². The fraction of sp³-hybridized carbons (Fsp3) is 0.400. The van der Waals surface area contributed by atoms with Crippen molar-refractivity contribution in [3.8, 4) is 0 Å². The molecule has 0 aliphatic rings. The summed E-state index contributed by atoms with van der Waals surface area (Å²) < 4.78 is 41.2. The average Bonchev–Trinajstić information content (AvgIpc) is 2.20. The number of rotatable bonds is 5. The second-order valence-corrected chi connectivity index (χ2v) is 3.04. The molecular formula is C10H12F3NO. The molecule has 0 aliphatic heterocycles. The Hall–Kier alpha value is -1.07. The monoisotopic (exact) mass is 219 g/mol. The molecule has 0 unspecified atom stereocenters. The van der Waals surface area contributed by atoms with E-state index in [0.717, 1.165) is 5.56 Å². The molecule has 0 bridgehead atoms. The third-order valence-electron chi connectivity index (χ3n) is 1.85. The van der Waals surface area contributed by atoms with E-state index in [1.54, 1.807) is 6.07 Å². The van der Waals surface area contributed by atoms with Crippen molar-refractivity contribution in [2.75, 3.05) is 6.61 Å². The van der Waals surface area contributed by atoms with Gasteiger partial charge in [0.05, 0.1) is 6.61 Å². The molecule has 0 aliphatic carbocycles. The maximum absolute atomic E-state index is 13.1. The van der Waals surface area contributed by atoms with Gasteiger partial charge in [-0.25, -0.2) is 13.2 Å². The van der Waals surface area contributed by atoms with E-state index in [2.05, 4.69) is 4.74 Å². The van der Waals surface area contributed by atoms with Crippen LogP contribution in [0.3, 0.4) is 0 Å². The van der Waals surface area contributed by atoms with Gasteiger partial charge in [-0.2, -0.15) is 0 Å². The minimum Gasteiger partial charge on any atom is -0.371 e. The molecule has 1 rings (SSSR count). The van der Waals surface area contributed by atoms with Gasteiger partial charge in [-0.05, 0) is 17.7 Å².